The maximum Gasteiger partial charge on any atom is 0.408 e. The molecule has 1 unspecified atom stereocenters. The lowest BCUT2D eigenvalue weighted by molar-refractivity contribution is -0.123. The van der Waals surface area contributed by atoms with Gasteiger partial charge in [0.05, 0.1) is 18.3 Å². The molecular weight excluding hydrogens is 258 g/mol. The van der Waals surface area contributed by atoms with E-state index >= 15 is 0 Å². The number of amides is 2. The van der Waals surface area contributed by atoms with E-state index in [1.54, 1.807) is 20.8 Å². The van der Waals surface area contributed by atoms with Crippen LogP contribution in [0.5, 0.6) is 0 Å². The van der Waals surface area contributed by atoms with E-state index in [1.165, 1.54) is 0 Å². The highest BCUT2D eigenvalue weighted by atomic mass is 16.6. The molecule has 0 fully saturated rings. The number of aliphatic imine (C=N–C) groups is 1. The summed E-state index contributed by atoms with van der Waals surface area (Å²) in [6.07, 6.45) is 5.15. The van der Waals surface area contributed by atoms with E-state index in [9.17, 15) is 9.59 Å². The second-order valence-corrected chi connectivity index (χ2v) is 6.01. The van der Waals surface area contributed by atoms with Gasteiger partial charge in [-0.05, 0) is 39.7 Å². The Balaban J connectivity index is 1.99. The predicted molar refractivity (Wildman–Crippen MR) is 75.8 cm³/mol. The van der Waals surface area contributed by atoms with Gasteiger partial charge in [0.25, 0.3) is 0 Å². The number of nitrogens with zero attached hydrogens (tertiary/aromatic N) is 1. The molecule has 2 rings (SSSR count). The van der Waals surface area contributed by atoms with Gasteiger partial charge in [-0.3, -0.25) is 9.79 Å². The van der Waals surface area contributed by atoms with Crippen LogP contribution in [-0.2, 0) is 9.53 Å². The van der Waals surface area contributed by atoms with Crippen molar-refractivity contribution < 1.29 is 14.3 Å². The molecule has 0 bridgehead atoms. The van der Waals surface area contributed by atoms with Crippen LogP contribution < -0.4 is 10.6 Å². The molecule has 2 amide bonds. The highest BCUT2D eigenvalue weighted by molar-refractivity contribution is 6.03. The number of hydrogen-bond acceptors (Lipinski definition) is 4. The average molecular weight is 279 g/mol. The molecule has 0 aromatic heterocycles. The third-order valence-corrected chi connectivity index (χ3v) is 3.05. The van der Waals surface area contributed by atoms with Gasteiger partial charge >= 0.3 is 6.09 Å². The van der Waals surface area contributed by atoms with E-state index in [0.29, 0.717) is 0 Å². The van der Waals surface area contributed by atoms with E-state index in [0.717, 1.165) is 18.6 Å². The molecule has 1 heterocycles. The maximum absolute atomic E-state index is 12.1. The van der Waals surface area contributed by atoms with Gasteiger partial charge in [-0.1, -0.05) is 6.08 Å². The van der Waals surface area contributed by atoms with Gasteiger partial charge in [0, 0.05) is 0 Å². The lowest BCUT2D eigenvalue weighted by atomic mass is 10.00. The van der Waals surface area contributed by atoms with E-state index in [1.807, 2.05) is 12.2 Å². The number of allylic oxidation sites excluding steroid dienone is 1. The molecule has 6 nitrogen and oxygen atoms in total. The summed E-state index contributed by atoms with van der Waals surface area (Å²) >= 11 is 0. The Bertz CT molecular complexity index is 463. The fourth-order valence-electron chi connectivity index (χ4n) is 2.15. The number of alkyl carbamates (subject to hydrolysis) is 1. The Morgan fingerprint density at radius 2 is 2.25 bits per heavy atom. The van der Waals surface area contributed by atoms with Crippen molar-refractivity contribution in [2.45, 2.75) is 51.3 Å². The van der Waals surface area contributed by atoms with Crippen LogP contribution in [0.3, 0.4) is 0 Å². The van der Waals surface area contributed by atoms with Gasteiger partial charge in [-0.15, -0.1) is 0 Å². The molecule has 0 radical (unpaired) electrons. The Morgan fingerprint density at radius 1 is 1.50 bits per heavy atom. The summed E-state index contributed by atoms with van der Waals surface area (Å²) in [6, 6.07) is -0.728. The maximum atomic E-state index is 12.1. The molecule has 0 spiro atoms. The number of carbonyl (C=O) groups is 2. The molecule has 2 N–H and O–H groups in total. The Kier molecular flexibility index (Phi) is 4.11. The quantitative estimate of drug-likeness (QED) is 0.756. The number of rotatable bonds is 1. The summed E-state index contributed by atoms with van der Waals surface area (Å²) in [5.41, 5.74) is 0.284. The van der Waals surface area contributed by atoms with E-state index in [2.05, 4.69) is 15.6 Å². The zero-order valence-electron chi connectivity index (χ0n) is 12.1. The van der Waals surface area contributed by atoms with Crippen molar-refractivity contribution in [1.29, 1.82) is 0 Å². The van der Waals surface area contributed by atoms with E-state index in [4.69, 9.17) is 4.74 Å². The molecule has 0 aromatic carbocycles. The lowest BCUT2D eigenvalue weighted by Crippen LogP contribution is -2.51. The smallest absolute Gasteiger partial charge is 0.408 e. The van der Waals surface area contributed by atoms with Crippen molar-refractivity contribution in [3.8, 4) is 0 Å². The summed E-state index contributed by atoms with van der Waals surface area (Å²) in [4.78, 5) is 28.2. The van der Waals surface area contributed by atoms with Crippen LogP contribution in [0.25, 0.3) is 0 Å². The van der Waals surface area contributed by atoms with Gasteiger partial charge in [-0.25, -0.2) is 4.79 Å². The van der Waals surface area contributed by atoms with Gasteiger partial charge in [0.15, 0.2) is 0 Å². The first-order chi connectivity index (χ1) is 9.35. The summed E-state index contributed by atoms with van der Waals surface area (Å²) in [6.45, 7) is 5.57. The number of ether oxygens (including phenoxy) is 1. The SMILES string of the molecule is CC(C)(C)OC(=O)N[C@H]1CN=C2C=CCCC2NC1=O. The van der Waals surface area contributed by atoms with Crippen LogP contribution in [-0.4, -0.2) is 41.9 Å². The van der Waals surface area contributed by atoms with Crippen molar-refractivity contribution in [1.82, 2.24) is 10.6 Å². The Hall–Kier alpha value is -1.85. The monoisotopic (exact) mass is 279 g/mol. The predicted octanol–water partition coefficient (Wildman–Crippen LogP) is 1.17. The standard InChI is InChI=1S/C14H21N3O3/c1-14(2,3)20-13(19)17-11-8-15-9-6-4-5-7-10(9)16-12(11)18/h4,6,10-11H,5,7-8H2,1-3H3,(H,16,18)(H,17,19)/t10?,11-/m0/s1. The van der Waals surface area contributed by atoms with Gasteiger partial charge in [-0.2, -0.15) is 0 Å². The highest BCUT2D eigenvalue weighted by Crippen LogP contribution is 2.13. The molecule has 110 valence electrons. The largest absolute Gasteiger partial charge is 0.444 e. The molecule has 20 heavy (non-hydrogen) atoms. The number of nitrogens with one attached hydrogen (secondary N) is 2. The summed E-state index contributed by atoms with van der Waals surface area (Å²) in [5, 5.41) is 5.48. The summed E-state index contributed by atoms with van der Waals surface area (Å²) < 4.78 is 5.16. The van der Waals surface area contributed by atoms with E-state index in [-0.39, 0.29) is 18.5 Å². The summed E-state index contributed by atoms with van der Waals surface area (Å²) in [7, 11) is 0. The molecule has 2 aliphatic rings. The lowest BCUT2D eigenvalue weighted by Gasteiger charge is -2.23. The molecule has 0 saturated heterocycles. The first kappa shape index (κ1) is 14.6. The van der Waals surface area contributed by atoms with Crippen molar-refractivity contribution in [2.75, 3.05) is 6.54 Å². The minimum absolute atomic E-state index is 0.0436. The number of hydrogen-bond donors (Lipinski definition) is 2. The van der Waals surface area contributed by atoms with Crippen LogP contribution in [0.4, 0.5) is 4.79 Å². The fraction of sp³-hybridized carbons (Fsp3) is 0.643. The van der Waals surface area contributed by atoms with Crippen LogP contribution in [0, 0.1) is 0 Å². The van der Waals surface area contributed by atoms with Gasteiger partial charge < -0.3 is 15.4 Å². The van der Waals surface area contributed by atoms with Crippen LogP contribution in [0.1, 0.15) is 33.6 Å². The van der Waals surface area contributed by atoms with Crippen molar-refractivity contribution in [3.63, 3.8) is 0 Å². The first-order valence-corrected chi connectivity index (χ1v) is 6.86. The molecule has 0 aromatic rings. The molecule has 1 aliphatic carbocycles. The van der Waals surface area contributed by atoms with Crippen molar-refractivity contribution in [3.05, 3.63) is 12.2 Å². The Labute approximate surface area is 118 Å². The molecule has 0 saturated carbocycles. The minimum atomic E-state index is -0.684. The first-order valence-electron chi connectivity index (χ1n) is 6.86. The average Bonchev–Trinajstić information content (AvgIpc) is 2.47. The van der Waals surface area contributed by atoms with E-state index < -0.39 is 17.7 Å². The topological polar surface area (TPSA) is 79.8 Å². The van der Waals surface area contributed by atoms with Gasteiger partial charge in [0.2, 0.25) is 5.91 Å². The zero-order valence-corrected chi connectivity index (χ0v) is 12.1. The minimum Gasteiger partial charge on any atom is -0.444 e. The fourth-order valence-corrected chi connectivity index (χ4v) is 2.15. The third kappa shape index (κ3) is 3.82. The normalized spacial score (nSPS) is 25.9. The molecule has 1 aliphatic heterocycles. The highest BCUT2D eigenvalue weighted by Gasteiger charge is 2.30. The molecule has 6 heteroatoms. The van der Waals surface area contributed by atoms with Crippen LogP contribution in [0.15, 0.2) is 17.1 Å². The zero-order chi connectivity index (χ0) is 14.8. The third-order valence-electron chi connectivity index (χ3n) is 3.05. The molecule has 2 atom stereocenters. The molecular formula is C14H21N3O3. The van der Waals surface area contributed by atoms with Gasteiger partial charge in [0.1, 0.15) is 11.6 Å². The van der Waals surface area contributed by atoms with Crippen molar-refractivity contribution >= 4 is 17.7 Å². The second-order valence-electron chi connectivity index (χ2n) is 6.01. The number of fused-ring (bicyclic) bond motifs is 1. The number of carbonyl (C=O) groups excluding carboxylic acids is 2. The summed E-state index contributed by atoms with van der Waals surface area (Å²) in [5.74, 6) is -0.213. The van der Waals surface area contributed by atoms with Crippen LogP contribution >= 0.6 is 0 Å². The second kappa shape index (κ2) is 5.64. The Morgan fingerprint density at radius 3 is 2.95 bits per heavy atom. The van der Waals surface area contributed by atoms with Crippen LogP contribution in [0.2, 0.25) is 0 Å². The van der Waals surface area contributed by atoms with Crippen molar-refractivity contribution in [2.24, 2.45) is 4.99 Å².